The van der Waals surface area contributed by atoms with Gasteiger partial charge >= 0.3 is 5.97 Å². The molecule has 0 spiro atoms. The van der Waals surface area contributed by atoms with Gasteiger partial charge in [-0.1, -0.05) is 13.8 Å². The molecule has 0 aromatic carbocycles. The van der Waals surface area contributed by atoms with Gasteiger partial charge < -0.3 is 10.4 Å². The van der Waals surface area contributed by atoms with E-state index in [9.17, 15) is 9.59 Å². The molecule has 2 aromatic heterocycles. The third-order valence-corrected chi connectivity index (χ3v) is 3.09. The molecule has 1 amide bonds. The molecule has 7 nitrogen and oxygen atoms in total. The molecule has 0 saturated carbocycles. The number of pyridine rings is 1. The second-order valence-corrected chi connectivity index (χ2v) is 5.37. The van der Waals surface area contributed by atoms with Crippen LogP contribution in [-0.2, 0) is 4.79 Å². The first-order valence-electron chi connectivity index (χ1n) is 6.95. The van der Waals surface area contributed by atoms with Crippen LogP contribution in [0.4, 0.5) is 0 Å². The molecule has 22 heavy (non-hydrogen) atoms. The molecule has 2 heterocycles. The molecule has 0 fully saturated rings. The van der Waals surface area contributed by atoms with Crippen molar-refractivity contribution in [2.24, 2.45) is 5.92 Å². The molecule has 116 valence electrons. The maximum Gasteiger partial charge on any atom is 0.326 e. The maximum atomic E-state index is 12.1. The predicted molar refractivity (Wildman–Crippen MR) is 79.7 cm³/mol. The van der Waals surface area contributed by atoms with Crippen LogP contribution in [0.15, 0.2) is 37.1 Å². The molecule has 0 unspecified atom stereocenters. The number of aliphatic carboxylic acids is 1. The molecule has 0 radical (unpaired) electrons. The number of carbonyl (C=O) groups excluding carboxylic acids is 1. The smallest absolute Gasteiger partial charge is 0.326 e. The summed E-state index contributed by atoms with van der Waals surface area (Å²) in [4.78, 5) is 31.4. The Morgan fingerprint density at radius 1 is 1.36 bits per heavy atom. The summed E-state index contributed by atoms with van der Waals surface area (Å²) in [5.41, 5.74) is 0.318. The Balaban J connectivity index is 2.07. The number of carbonyl (C=O) groups is 2. The summed E-state index contributed by atoms with van der Waals surface area (Å²) < 4.78 is 1.71. The monoisotopic (exact) mass is 302 g/mol. The Hall–Kier alpha value is -2.70. The summed E-state index contributed by atoms with van der Waals surface area (Å²) in [7, 11) is 0. The topological polar surface area (TPSA) is 97.1 Å². The van der Waals surface area contributed by atoms with Crippen LogP contribution in [0.3, 0.4) is 0 Å². The van der Waals surface area contributed by atoms with Crippen LogP contribution in [0, 0.1) is 5.92 Å². The van der Waals surface area contributed by atoms with Gasteiger partial charge in [0.05, 0.1) is 5.56 Å². The van der Waals surface area contributed by atoms with Gasteiger partial charge in [0, 0.05) is 18.6 Å². The van der Waals surface area contributed by atoms with Crippen LogP contribution in [0.25, 0.3) is 5.82 Å². The fourth-order valence-electron chi connectivity index (χ4n) is 2.00. The highest BCUT2D eigenvalue weighted by Gasteiger charge is 2.21. The zero-order valence-electron chi connectivity index (χ0n) is 12.4. The van der Waals surface area contributed by atoms with Gasteiger partial charge in [-0.3, -0.25) is 9.36 Å². The number of imidazole rings is 1. The quantitative estimate of drug-likeness (QED) is 0.842. The average molecular weight is 302 g/mol. The first-order valence-corrected chi connectivity index (χ1v) is 6.95. The zero-order valence-corrected chi connectivity index (χ0v) is 12.4. The van der Waals surface area contributed by atoms with Crippen molar-refractivity contribution in [3.63, 3.8) is 0 Å². The fraction of sp³-hybridized carbons (Fsp3) is 0.333. The predicted octanol–water partition coefficient (Wildman–Crippen LogP) is 1.50. The Bertz CT molecular complexity index is 635. The summed E-state index contributed by atoms with van der Waals surface area (Å²) in [5.74, 6) is -0.683. The van der Waals surface area contributed by atoms with Crippen LogP contribution in [0.1, 0.15) is 30.6 Å². The van der Waals surface area contributed by atoms with Crippen molar-refractivity contribution in [3.05, 3.63) is 42.6 Å². The number of hydrogen-bond acceptors (Lipinski definition) is 4. The fourth-order valence-corrected chi connectivity index (χ4v) is 2.00. The van der Waals surface area contributed by atoms with E-state index in [0.29, 0.717) is 17.8 Å². The number of hydrogen-bond donors (Lipinski definition) is 2. The van der Waals surface area contributed by atoms with Crippen molar-refractivity contribution in [3.8, 4) is 5.82 Å². The van der Waals surface area contributed by atoms with Crippen LogP contribution in [0.2, 0.25) is 0 Å². The van der Waals surface area contributed by atoms with Crippen LogP contribution >= 0.6 is 0 Å². The Morgan fingerprint density at radius 2 is 2.14 bits per heavy atom. The molecule has 0 aliphatic rings. The minimum atomic E-state index is -1.04. The number of rotatable bonds is 6. The number of aromatic nitrogens is 3. The van der Waals surface area contributed by atoms with Gasteiger partial charge in [0.15, 0.2) is 0 Å². The molecule has 2 aromatic rings. The second kappa shape index (κ2) is 6.84. The van der Waals surface area contributed by atoms with Gasteiger partial charge in [-0.05, 0) is 24.5 Å². The van der Waals surface area contributed by atoms with Crippen LogP contribution in [-0.4, -0.2) is 37.6 Å². The second-order valence-electron chi connectivity index (χ2n) is 5.37. The lowest BCUT2D eigenvalue weighted by Gasteiger charge is -2.16. The van der Waals surface area contributed by atoms with E-state index < -0.39 is 17.9 Å². The van der Waals surface area contributed by atoms with Crippen LogP contribution < -0.4 is 5.32 Å². The first kappa shape index (κ1) is 15.7. The van der Waals surface area contributed by atoms with Gasteiger partial charge in [0.25, 0.3) is 5.91 Å². The lowest BCUT2D eigenvalue weighted by molar-refractivity contribution is -0.139. The highest BCUT2D eigenvalue weighted by atomic mass is 16.4. The lowest BCUT2D eigenvalue weighted by Crippen LogP contribution is -2.41. The molecule has 2 rings (SSSR count). The maximum absolute atomic E-state index is 12.1. The Labute approximate surface area is 128 Å². The molecular formula is C15H18N4O3. The number of amides is 1. The number of nitrogens with one attached hydrogen (secondary N) is 1. The number of carboxylic acids is 1. The zero-order chi connectivity index (χ0) is 16.1. The standard InChI is InChI=1S/C15H18N4O3/c1-10(2)7-12(15(21)22)18-14(20)11-3-4-13(17-8-11)19-6-5-16-9-19/h3-6,8-10,12H,7H2,1-2H3,(H,18,20)(H,21,22)/t12-/m1/s1. The van der Waals surface area contributed by atoms with Crippen molar-refractivity contribution >= 4 is 11.9 Å². The molecule has 0 saturated heterocycles. The molecule has 0 aliphatic heterocycles. The molecule has 1 atom stereocenters. The van der Waals surface area contributed by atoms with Crippen molar-refractivity contribution < 1.29 is 14.7 Å². The minimum absolute atomic E-state index is 0.170. The summed E-state index contributed by atoms with van der Waals surface area (Å²) in [6.45, 7) is 3.81. The summed E-state index contributed by atoms with van der Waals surface area (Å²) in [6, 6.07) is 2.38. The van der Waals surface area contributed by atoms with Gasteiger partial charge in [0.1, 0.15) is 18.2 Å². The molecule has 7 heteroatoms. The van der Waals surface area contributed by atoms with E-state index >= 15 is 0 Å². The highest BCUT2D eigenvalue weighted by Crippen LogP contribution is 2.08. The van der Waals surface area contributed by atoms with Crippen molar-refractivity contribution in [1.82, 2.24) is 19.9 Å². The summed E-state index contributed by atoms with van der Waals surface area (Å²) in [5, 5.41) is 11.7. The molecular weight excluding hydrogens is 284 g/mol. The van der Waals surface area contributed by atoms with Gasteiger partial charge in [-0.15, -0.1) is 0 Å². The van der Waals surface area contributed by atoms with E-state index in [1.165, 1.54) is 6.20 Å². The van der Waals surface area contributed by atoms with Crippen molar-refractivity contribution in [1.29, 1.82) is 0 Å². The lowest BCUT2D eigenvalue weighted by atomic mass is 10.0. The Kier molecular flexibility index (Phi) is 4.88. The third-order valence-electron chi connectivity index (χ3n) is 3.09. The van der Waals surface area contributed by atoms with E-state index in [1.807, 2.05) is 13.8 Å². The minimum Gasteiger partial charge on any atom is -0.480 e. The van der Waals surface area contributed by atoms with Crippen molar-refractivity contribution in [2.45, 2.75) is 26.3 Å². The van der Waals surface area contributed by atoms with Crippen LogP contribution in [0.5, 0.6) is 0 Å². The number of nitrogens with zero attached hydrogens (tertiary/aromatic N) is 3. The van der Waals surface area contributed by atoms with Gasteiger partial charge in [-0.2, -0.15) is 0 Å². The van der Waals surface area contributed by atoms with E-state index in [4.69, 9.17) is 5.11 Å². The van der Waals surface area contributed by atoms with E-state index in [2.05, 4.69) is 15.3 Å². The van der Waals surface area contributed by atoms with Crippen molar-refractivity contribution in [2.75, 3.05) is 0 Å². The normalized spacial score (nSPS) is 12.1. The molecule has 2 N–H and O–H groups in total. The largest absolute Gasteiger partial charge is 0.480 e. The summed E-state index contributed by atoms with van der Waals surface area (Å²) >= 11 is 0. The molecule has 0 aliphatic carbocycles. The van der Waals surface area contributed by atoms with E-state index in [1.54, 1.807) is 35.4 Å². The third kappa shape index (κ3) is 3.91. The SMILES string of the molecule is CC(C)C[C@@H](NC(=O)c1ccc(-n2ccnc2)nc1)C(=O)O. The Morgan fingerprint density at radius 3 is 2.64 bits per heavy atom. The van der Waals surface area contributed by atoms with Gasteiger partial charge in [0.2, 0.25) is 0 Å². The van der Waals surface area contributed by atoms with E-state index in [-0.39, 0.29) is 5.92 Å². The molecule has 0 bridgehead atoms. The summed E-state index contributed by atoms with van der Waals surface area (Å²) in [6.07, 6.45) is 6.77. The average Bonchev–Trinajstić information content (AvgIpc) is 3.00. The highest BCUT2D eigenvalue weighted by molar-refractivity contribution is 5.96. The van der Waals surface area contributed by atoms with E-state index in [0.717, 1.165) is 0 Å². The first-order chi connectivity index (χ1) is 10.5. The van der Waals surface area contributed by atoms with Gasteiger partial charge in [-0.25, -0.2) is 14.8 Å². The number of carboxylic acid groups (broad SMARTS) is 1.